The molecule has 0 amide bonds. The second-order valence-corrected chi connectivity index (χ2v) is 5.71. The Morgan fingerprint density at radius 1 is 1.10 bits per heavy atom. The first-order valence-corrected chi connectivity index (χ1v) is 7.29. The maximum atomic E-state index is 12.6. The molecule has 1 aromatic rings. The fraction of sp³-hybridized carbons (Fsp3) is 0.467. The van der Waals surface area contributed by atoms with Crippen LogP contribution < -0.4 is 9.47 Å². The topological polar surface area (TPSA) is 67.8 Å². The molecule has 0 aromatic heterocycles. The average Bonchev–Trinajstić information content (AvgIpc) is 2.98. The summed E-state index contributed by atoms with van der Waals surface area (Å²) in [6.07, 6.45) is 5.27. The molecule has 21 heavy (non-hydrogen) atoms. The molecular weight excluding hydrogens is 272 g/mol. The molecule has 3 aliphatic rings. The molecule has 1 N–H and O–H groups in total. The minimum atomic E-state index is -0.186. The largest absolute Gasteiger partial charge is 0.623 e. The Balaban J connectivity index is 1.76. The molecule has 1 aliphatic carbocycles. The Morgan fingerprint density at radius 2 is 1.86 bits per heavy atom. The van der Waals surface area contributed by atoms with Gasteiger partial charge in [-0.3, -0.25) is 5.21 Å². The predicted octanol–water partition coefficient (Wildman–Crippen LogP) is 1.51. The quantitative estimate of drug-likeness (QED) is 0.483. The highest BCUT2D eigenvalue weighted by atomic mass is 16.7. The van der Waals surface area contributed by atoms with Crippen LogP contribution in [0.2, 0.25) is 0 Å². The zero-order valence-electron chi connectivity index (χ0n) is 11.6. The van der Waals surface area contributed by atoms with Crippen molar-refractivity contribution in [3.8, 4) is 11.5 Å². The van der Waals surface area contributed by atoms with E-state index in [1.165, 1.54) is 11.0 Å². The zero-order valence-corrected chi connectivity index (χ0v) is 11.6. The van der Waals surface area contributed by atoms with Gasteiger partial charge in [-0.1, -0.05) is 0 Å². The second-order valence-electron chi connectivity index (χ2n) is 5.71. The number of hydrogen-bond donors (Lipinski definition) is 1. The van der Waals surface area contributed by atoms with Gasteiger partial charge in [0.05, 0.1) is 5.56 Å². The molecule has 2 heterocycles. The molecule has 4 rings (SSSR count). The normalized spacial score (nSPS) is 27.3. The zero-order chi connectivity index (χ0) is 14.4. The average molecular weight is 289 g/mol. The summed E-state index contributed by atoms with van der Waals surface area (Å²) in [5.74, 6) is 1.32. The summed E-state index contributed by atoms with van der Waals surface area (Å²) >= 11 is 0. The van der Waals surface area contributed by atoms with Crippen molar-refractivity contribution < 1.29 is 24.2 Å². The monoisotopic (exact) mass is 289 g/mol. The molecule has 0 saturated heterocycles. The lowest BCUT2D eigenvalue weighted by Gasteiger charge is -2.28. The van der Waals surface area contributed by atoms with Crippen molar-refractivity contribution in [1.82, 2.24) is 0 Å². The lowest BCUT2D eigenvalue weighted by molar-refractivity contribution is -0.819. The van der Waals surface area contributed by atoms with E-state index in [0.717, 1.165) is 36.0 Å². The fourth-order valence-electron chi connectivity index (χ4n) is 3.39. The number of rotatable bonds is 1. The smallest absolute Gasteiger partial charge is 0.288 e. The molecule has 1 fully saturated rings. The summed E-state index contributed by atoms with van der Waals surface area (Å²) < 4.78 is 12.9. The van der Waals surface area contributed by atoms with Crippen molar-refractivity contribution >= 4 is 11.9 Å². The van der Waals surface area contributed by atoms with Crippen LogP contribution in [0, 0.1) is 5.21 Å². The molecular formula is C15H17N2O4+. The van der Waals surface area contributed by atoms with E-state index in [1.54, 1.807) is 12.1 Å². The summed E-state index contributed by atoms with van der Waals surface area (Å²) in [7, 11) is 0. The lowest BCUT2D eigenvalue weighted by Crippen LogP contribution is -2.51. The van der Waals surface area contributed by atoms with Crippen LogP contribution >= 0.6 is 0 Å². The van der Waals surface area contributed by atoms with Crippen molar-refractivity contribution in [3.05, 3.63) is 29.0 Å². The summed E-state index contributed by atoms with van der Waals surface area (Å²) in [5, 5.41) is 22.8. The second kappa shape index (κ2) is 4.65. The van der Waals surface area contributed by atoms with Crippen LogP contribution in [0.25, 0.3) is 0 Å². The molecule has 1 saturated carbocycles. The molecule has 6 nitrogen and oxygen atoms in total. The number of nitrogens with zero attached hydrogens (tertiary/aromatic N) is 2. The van der Waals surface area contributed by atoms with E-state index in [-0.39, 0.29) is 18.9 Å². The number of benzene rings is 1. The van der Waals surface area contributed by atoms with Gasteiger partial charge in [0.1, 0.15) is 0 Å². The first kappa shape index (κ1) is 12.5. The Labute approximate surface area is 122 Å². The summed E-state index contributed by atoms with van der Waals surface area (Å²) in [4.78, 5) is 0. The van der Waals surface area contributed by atoms with Crippen LogP contribution in [-0.2, 0) is 0 Å². The molecule has 6 heteroatoms. The maximum absolute atomic E-state index is 12.6. The van der Waals surface area contributed by atoms with Crippen molar-refractivity contribution in [3.63, 3.8) is 0 Å². The summed E-state index contributed by atoms with van der Waals surface area (Å²) in [6, 6.07) is 5.11. The van der Waals surface area contributed by atoms with Gasteiger partial charge in [-0.25, -0.2) is 0 Å². The summed E-state index contributed by atoms with van der Waals surface area (Å²) in [6.45, 7) is 0.204. The van der Waals surface area contributed by atoms with Gasteiger partial charge in [0, 0.05) is 12.8 Å². The van der Waals surface area contributed by atoms with Crippen LogP contribution in [0.3, 0.4) is 0 Å². The Hall–Kier alpha value is -2.24. The summed E-state index contributed by atoms with van der Waals surface area (Å²) in [5.41, 5.74) is 1.20. The predicted molar refractivity (Wildman–Crippen MR) is 74.5 cm³/mol. The number of hydrogen-bond acceptors (Lipinski definition) is 4. The molecule has 0 radical (unpaired) electrons. The van der Waals surface area contributed by atoms with E-state index in [9.17, 15) is 10.4 Å². The van der Waals surface area contributed by atoms with Crippen LogP contribution in [0.1, 0.15) is 31.2 Å². The Kier molecular flexibility index (Phi) is 2.77. The third-order valence-corrected chi connectivity index (χ3v) is 4.50. The van der Waals surface area contributed by atoms with Crippen LogP contribution in [0.15, 0.2) is 18.2 Å². The highest BCUT2D eigenvalue weighted by Crippen LogP contribution is 2.33. The maximum Gasteiger partial charge on any atom is 0.288 e. The van der Waals surface area contributed by atoms with E-state index < -0.39 is 0 Å². The Bertz CT molecular complexity index is 653. The van der Waals surface area contributed by atoms with E-state index in [1.807, 2.05) is 6.07 Å². The molecule has 2 aliphatic heterocycles. The highest BCUT2D eigenvalue weighted by molar-refractivity contribution is 6.34. The molecule has 0 unspecified atom stereocenters. The van der Waals surface area contributed by atoms with Gasteiger partial charge in [-0.15, -0.1) is 0 Å². The van der Waals surface area contributed by atoms with Crippen molar-refractivity contribution in [2.45, 2.75) is 37.8 Å². The molecule has 0 bridgehead atoms. The standard InChI is InChI=1S/C15H17N2O4/c18-16-8-13(17(19)12-4-2-1-3-11(12)16)10-5-6-14-15(7-10)21-9-20-14/h5-8,11-12,18H,1-4,9H2/q+1/t11-,12+/m1/s1. The number of hydroxylamine groups is 2. The van der Waals surface area contributed by atoms with Gasteiger partial charge in [0.25, 0.3) is 18.0 Å². The van der Waals surface area contributed by atoms with Gasteiger partial charge in [0.2, 0.25) is 12.8 Å². The number of fused-ring (bicyclic) bond motifs is 2. The fourth-order valence-corrected chi connectivity index (χ4v) is 3.39. The van der Waals surface area contributed by atoms with Crippen LogP contribution in [0.4, 0.5) is 0 Å². The van der Waals surface area contributed by atoms with Gasteiger partial charge >= 0.3 is 0 Å². The first-order valence-electron chi connectivity index (χ1n) is 7.29. The lowest BCUT2D eigenvalue weighted by atomic mass is 9.89. The van der Waals surface area contributed by atoms with Gasteiger partial charge < -0.3 is 14.7 Å². The van der Waals surface area contributed by atoms with E-state index in [4.69, 9.17) is 9.47 Å². The van der Waals surface area contributed by atoms with E-state index >= 15 is 0 Å². The van der Waals surface area contributed by atoms with Gasteiger partial charge in [0.15, 0.2) is 11.5 Å². The van der Waals surface area contributed by atoms with Crippen LogP contribution in [-0.4, -0.2) is 45.5 Å². The SMILES string of the molecule is [O-][N+]1=C(c2ccc3c(c2)OCO3)C=[N+](O)[C@@H]2CCCC[C@@H]21. The van der Waals surface area contributed by atoms with Crippen molar-refractivity contribution in [2.75, 3.05) is 6.79 Å². The number of ether oxygens (including phenoxy) is 2. The molecule has 1 aromatic carbocycles. The van der Waals surface area contributed by atoms with E-state index in [2.05, 4.69) is 0 Å². The van der Waals surface area contributed by atoms with E-state index in [0.29, 0.717) is 17.2 Å². The van der Waals surface area contributed by atoms with Crippen LogP contribution in [0.5, 0.6) is 11.5 Å². The molecule has 0 spiro atoms. The third kappa shape index (κ3) is 1.93. The Morgan fingerprint density at radius 3 is 2.71 bits per heavy atom. The van der Waals surface area contributed by atoms with Crippen molar-refractivity contribution in [1.29, 1.82) is 0 Å². The highest BCUT2D eigenvalue weighted by Gasteiger charge is 2.45. The first-order chi connectivity index (χ1) is 10.2. The van der Waals surface area contributed by atoms with Gasteiger partial charge in [-0.2, -0.15) is 4.74 Å². The van der Waals surface area contributed by atoms with Crippen molar-refractivity contribution in [2.24, 2.45) is 0 Å². The minimum Gasteiger partial charge on any atom is -0.623 e. The minimum absolute atomic E-state index is 0.103. The third-order valence-electron chi connectivity index (χ3n) is 4.50. The molecule has 110 valence electrons. The molecule has 2 atom stereocenters. The van der Waals surface area contributed by atoms with Gasteiger partial charge in [-0.05, 0) is 35.8 Å².